The fourth-order valence-corrected chi connectivity index (χ4v) is 2.40. The van der Waals surface area contributed by atoms with Gasteiger partial charge >= 0.3 is 0 Å². The maximum Gasteiger partial charge on any atom is 0.270 e. The standard InChI is InChI=1S/C13H16ClN3O3/c14-12-9-11(17(19)20)3-2-10(12)8-13(18)16-6-1-4-15-5-7-16/h2-3,9,15H,1,4-8H2. The van der Waals surface area contributed by atoms with Gasteiger partial charge in [-0.1, -0.05) is 17.7 Å². The van der Waals surface area contributed by atoms with E-state index in [0.717, 1.165) is 26.1 Å². The molecule has 2 rings (SSSR count). The Labute approximate surface area is 121 Å². The topological polar surface area (TPSA) is 75.5 Å². The van der Waals surface area contributed by atoms with E-state index >= 15 is 0 Å². The molecule has 0 aliphatic carbocycles. The van der Waals surface area contributed by atoms with Crippen LogP contribution < -0.4 is 5.32 Å². The molecular formula is C13H16ClN3O3. The van der Waals surface area contributed by atoms with Crippen molar-refractivity contribution < 1.29 is 9.72 Å². The minimum absolute atomic E-state index is 0.00412. The van der Waals surface area contributed by atoms with Crippen LogP contribution in [0, 0.1) is 10.1 Å². The van der Waals surface area contributed by atoms with Crippen LogP contribution in [0.15, 0.2) is 18.2 Å². The first-order valence-electron chi connectivity index (χ1n) is 6.49. The summed E-state index contributed by atoms with van der Waals surface area (Å²) in [5.41, 5.74) is 0.560. The zero-order chi connectivity index (χ0) is 14.5. The van der Waals surface area contributed by atoms with Gasteiger partial charge in [-0.15, -0.1) is 0 Å². The molecule has 1 saturated heterocycles. The van der Waals surface area contributed by atoms with Crippen molar-refractivity contribution in [3.63, 3.8) is 0 Å². The van der Waals surface area contributed by atoms with E-state index in [1.54, 1.807) is 11.0 Å². The number of carbonyl (C=O) groups is 1. The summed E-state index contributed by atoms with van der Waals surface area (Å²) in [7, 11) is 0. The summed E-state index contributed by atoms with van der Waals surface area (Å²) < 4.78 is 0. The van der Waals surface area contributed by atoms with Crippen LogP contribution in [0.1, 0.15) is 12.0 Å². The molecule has 0 spiro atoms. The fourth-order valence-electron chi connectivity index (χ4n) is 2.16. The Balaban J connectivity index is 2.05. The highest BCUT2D eigenvalue weighted by Gasteiger charge is 2.18. The van der Waals surface area contributed by atoms with Crippen LogP contribution in [-0.4, -0.2) is 41.9 Å². The van der Waals surface area contributed by atoms with Crippen molar-refractivity contribution in [1.29, 1.82) is 0 Å². The van der Waals surface area contributed by atoms with Gasteiger partial charge in [0, 0.05) is 31.8 Å². The van der Waals surface area contributed by atoms with Crippen LogP contribution in [0.4, 0.5) is 5.69 Å². The van der Waals surface area contributed by atoms with Gasteiger partial charge in [0.05, 0.1) is 16.4 Å². The number of rotatable bonds is 3. The quantitative estimate of drug-likeness (QED) is 0.679. The van der Waals surface area contributed by atoms with Gasteiger partial charge in [0.1, 0.15) is 0 Å². The Morgan fingerprint density at radius 3 is 2.90 bits per heavy atom. The highest BCUT2D eigenvalue weighted by molar-refractivity contribution is 6.31. The molecule has 1 heterocycles. The number of halogens is 1. The molecule has 108 valence electrons. The summed E-state index contributed by atoms with van der Waals surface area (Å²) in [6.45, 7) is 3.13. The Morgan fingerprint density at radius 1 is 1.40 bits per heavy atom. The molecule has 1 aromatic rings. The van der Waals surface area contributed by atoms with Crippen LogP contribution in [0.5, 0.6) is 0 Å². The number of nitro groups is 1. The average Bonchev–Trinajstić information content (AvgIpc) is 2.69. The summed E-state index contributed by atoms with van der Waals surface area (Å²) >= 11 is 6.00. The molecule has 1 N–H and O–H groups in total. The van der Waals surface area contributed by atoms with Crippen LogP contribution in [0.3, 0.4) is 0 Å². The van der Waals surface area contributed by atoms with Crippen LogP contribution in [-0.2, 0) is 11.2 Å². The fraction of sp³-hybridized carbons (Fsp3) is 0.462. The molecule has 1 amide bonds. The van der Waals surface area contributed by atoms with Crippen molar-refractivity contribution >= 4 is 23.2 Å². The van der Waals surface area contributed by atoms with E-state index in [1.165, 1.54) is 12.1 Å². The number of benzene rings is 1. The van der Waals surface area contributed by atoms with Crippen molar-refractivity contribution in [2.45, 2.75) is 12.8 Å². The molecule has 7 heteroatoms. The van der Waals surface area contributed by atoms with E-state index in [2.05, 4.69) is 5.32 Å². The molecule has 0 bridgehead atoms. The van der Waals surface area contributed by atoms with Crippen LogP contribution in [0.2, 0.25) is 5.02 Å². The lowest BCUT2D eigenvalue weighted by atomic mass is 10.1. The lowest BCUT2D eigenvalue weighted by Crippen LogP contribution is -2.35. The molecule has 0 radical (unpaired) electrons. The summed E-state index contributed by atoms with van der Waals surface area (Å²) in [5.74, 6) is 0.00412. The third-order valence-corrected chi connectivity index (χ3v) is 3.63. The van der Waals surface area contributed by atoms with Gasteiger partial charge in [0.2, 0.25) is 5.91 Å². The highest BCUT2D eigenvalue weighted by Crippen LogP contribution is 2.23. The Morgan fingerprint density at radius 2 is 2.20 bits per heavy atom. The molecular weight excluding hydrogens is 282 g/mol. The summed E-state index contributed by atoms with van der Waals surface area (Å²) in [5, 5.41) is 14.1. The molecule has 0 unspecified atom stereocenters. The molecule has 1 aliphatic rings. The minimum Gasteiger partial charge on any atom is -0.341 e. The largest absolute Gasteiger partial charge is 0.341 e. The number of nitrogens with zero attached hydrogens (tertiary/aromatic N) is 2. The number of hydrogen-bond acceptors (Lipinski definition) is 4. The van der Waals surface area contributed by atoms with E-state index in [1.807, 2.05) is 0 Å². The van der Waals surface area contributed by atoms with Crippen LogP contribution >= 0.6 is 11.6 Å². The Kier molecular flexibility index (Phi) is 4.92. The number of hydrogen-bond donors (Lipinski definition) is 1. The third-order valence-electron chi connectivity index (χ3n) is 3.28. The smallest absolute Gasteiger partial charge is 0.270 e. The van der Waals surface area contributed by atoms with E-state index in [-0.39, 0.29) is 23.0 Å². The second-order valence-electron chi connectivity index (χ2n) is 4.69. The number of non-ortho nitro benzene ring substituents is 1. The van der Waals surface area contributed by atoms with E-state index in [0.29, 0.717) is 12.1 Å². The van der Waals surface area contributed by atoms with Gasteiger partial charge in [-0.25, -0.2) is 0 Å². The van der Waals surface area contributed by atoms with Crippen molar-refractivity contribution in [3.8, 4) is 0 Å². The summed E-state index contributed by atoms with van der Waals surface area (Å²) in [6, 6.07) is 4.21. The predicted molar refractivity (Wildman–Crippen MR) is 75.9 cm³/mol. The second kappa shape index (κ2) is 6.67. The second-order valence-corrected chi connectivity index (χ2v) is 5.10. The highest BCUT2D eigenvalue weighted by atomic mass is 35.5. The summed E-state index contributed by atoms with van der Waals surface area (Å²) in [6.07, 6.45) is 1.11. The zero-order valence-electron chi connectivity index (χ0n) is 11.0. The molecule has 1 aliphatic heterocycles. The normalized spacial score (nSPS) is 15.8. The van der Waals surface area contributed by atoms with E-state index in [4.69, 9.17) is 11.6 Å². The van der Waals surface area contributed by atoms with Gasteiger partial charge in [0.25, 0.3) is 5.69 Å². The van der Waals surface area contributed by atoms with E-state index in [9.17, 15) is 14.9 Å². The van der Waals surface area contributed by atoms with Gasteiger partial charge < -0.3 is 10.2 Å². The Hall–Kier alpha value is -1.66. The number of carbonyl (C=O) groups excluding carboxylic acids is 1. The lowest BCUT2D eigenvalue weighted by molar-refractivity contribution is -0.384. The molecule has 6 nitrogen and oxygen atoms in total. The van der Waals surface area contributed by atoms with Crippen molar-refractivity contribution in [2.75, 3.05) is 26.2 Å². The third kappa shape index (κ3) is 3.68. The zero-order valence-corrected chi connectivity index (χ0v) is 11.7. The van der Waals surface area contributed by atoms with Crippen molar-refractivity contribution in [2.24, 2.45) is 0 Å². The summed E-state index contributed by atoms with van der Waals surface area (Å²) in [4.78, 5) is 24.1. The first kappa shape index (κ1) is 14.7. The van der Waals surface area contributed by atoms with Gasteiger partial charge in [-0.2, -0.15) is 0 Å². The average molecular weight is 298 g/mol. The maximum atomic E-state index is 12.2. The molecule has 0 atom stereocenters. The van der Waals surface area contributed by atoms with Crippen molar-refractivity contribution in [3.05, 3.63) is 38.9 Å². The molecule has 0 saturated carbocycles. The van der Waals surface area contributed by atoms with E-state index < -0.39 is 4.92 Å². The van der Waals surface area contributed by atoms with Gasteiger partial charge in [-0.05, 0) is 18.5 Å². The number of amides is 1. The molecule has 20 heavy (non-hydrogen) atoms. The first-order valence-corrected chi connectivity index (χ1v) is 6.87. The molecule has 1 aromatic carbocycles. The number of nitrogens with one attached hydrogen (secondary N) is 1. The Bertz CT molecular complexity index is 514. The monoisotopic (exact) mass is 297 g/mol. The first-order chi connectivity index (χ1) is 9.58. The minimum atomic E-state index is -0.502. The van der Waals surface area contributed by atoms with Crippen LogP contribution in [0.25, 0.3) is 0 Å². The SMILES string of the molecule is O=C(Cc1ccc([N+](=O)[O-])cc1Cl)N1CCCNCC1. The maximum absolute atomic E-state index is 12.2. The predicted octanol–water partition coefficient (Wildman–Crippen LogP) is 1.61. The number of nitro benzene ring substituents is 1. The van der Waals surface area contributed by atoms with Crippen molar-refractivity contribution in [1.82, 2.24) is 10.2 Å². The lowest BCUT2D eigenvalue weighted by Gasteiger charge is -2.20. The molecule has 1 fully saturated rings. The molecule has 0 aromatic heterocycles. The van der Waals surface area contributed by atoms with Gasteiger partial charge in [-0.3, -0.25) is 14.9 Å². The van der Waals surface area contributed by atoms with Gasteiger partial charge in [0.15, 0.2) is 0 Å².